The standard InChI is InChI=1S/C40H34N2O6.C39H30N2O6/c1-24-7-6-8-28(21-24)42-38(45)34-20-18-32(23-36(34)39(42)46)48-30-15-11-27(12-16-30)40(3,4)26-9-13-29(14-10-26)47-31-17-19-33(25(2)43)35(22-31)37(44)41-5;1-23-6-5-7-26(20-23)41-37(44)32-19-17-30(22-34(32)38(41)45)47-28-14-10-25(11-15-28)39(2,3)24-8-12-27(13-9-24)46-29-16-18-31-33(21-29)36(43)40(4)35(31)42/h6-23H,1-5H3,(H,41,44);5-22H,1-4H3. The summed E-state index contributed by atoms with van der Waals surface area (Å²) < 4.78 is 24.2. The molecule has 0 aliphatic carbocycles. The minimum atomic E-state index is -0.376. The maximum Gasteiger partial charge on any atom is 0.266 e. The summed E-state index contributed by atoms with van der Waals surface area (Å²) in [5.41, 5.74) is 9.17. The van der Waals surface area contributed by atoms with E-state index in [-0.39, 0.29) is 63.5 Å². The maximum absolute atomic E-state index is 13.2. The average molecular weight is 1260 g/mol. The van der Waals surface area contributed by atoms with Gasteiger partial charge < -0.3 is 24.3 Å². The first-order valence-electron chi connectivity index (χ1n) is 30.6. The lowest BCUT2D eigenvalue weighted by Crippen LogP contribution is -2.29. The van der Waals surface area contributed by atoms with Gasteiger partial charge in [0.2, 0.25) is 0 Å². The van der Waals surface area contributed by atoms with Crippen molar-refractivity contribution in [3.05, 3.63) is 296 Å². The highest BCUT2D eigenvalue weighted by molar-refractivity contribution is 6.35. The Labute approximate surface area is 548 Å². The summed E-state index contributed by atoms with van der Waals surface area (Å²) in [6.45, 7) is 13.8. The summed E-state index contributed by atoms with van der Waals surface area (Å²) >= 11 is 0. The molecule has 0 radical (unpaired) electrons. The van der Waals surface area contributed by atoms with Crippen molar-refractivity contribution < 1.29 is 57.3 Å². The van der Waals surface area contributed by atoms with Gasteiger partial charge in [0.1, 0.15) is 46.0 Å². The van der Waals surface area contributed by atoms with E-state index in [9.17, 15) is 38.4 Å². The number of benzene rings is 10. The molecule has 3 aliphatic heterocycles. The second kappa shape index (κ2) is 25.2. The zero-order valence-corrected chi connectivity index (χ0v) is 53.5. The number of nitrogens with zero attached hydrogens (tertiary/aromatic N) is 3. The van der Waals surface area contributed by atoms with Crippen LogP contribution in [-0.2, 0) is 10.8 Å². The number of imide groups is 3. The minimum absolute atomic E-state index is 0.200. The second-order valence-electron chi connectivity index (χ2n) is 24.5. The van der Waals surface area contributed by atoms with Crippen molar-refractivity contribution in [1.82, 2.24) is 10.2 Å². The van der Waals surface area contributed by atoms with E-state index in [1.54, 1.807) is 84.9 Å². The first kappa shape index (κ1) is 63.1. The molecule has 0 atom stereocenters. The van der Waals surface area contributed by atoms with E-state index >= 15 is 0 Å². The Morgan fingerprint density at radius 2 is 0.642 bits per heavy atom. The Balaban J connectivity index is 0.000000182. The van der Waals surface area contributed by atoms with Crippen molar-refractivity contribution in [3.63, 3.8) is 0 Å². The predicted molar refractivity (Wildman–Crippen MR) is 361 cm³/mol. The molecule has 3 aliphatic rings. The number of hydrogen-bond donors (Lipinski definition) is 1. The molecule has 10 aromatic rings. The lowest BCUT2D eigenvalue weighted by molar-refractivity contribution is 0.0690. The van der Waals surface area contributed by atoms with Crippen LogP contribution in [0.5, 0.6) is 46.0 Å². The quantitative estimate of drug-likeness (QED) is 0.0711. The molecule has 16 nitrogen and oxygen atoms in total. The van der Waals surface area contributed by atoms with Crippen LogP contribution in [0.2, 0.25) is 0 Å². The molecular weight excluding hydrogens is 1200 g/mol. The third kappa shape index (κ3) is 12.4. The number of carbonyl (C=O) groups excluding carboxylic acids is 8. The van der Waals surface area contributed by atoms with Crippen molar-refractivity contribution in [1.29, 1.82) is 0 Å². The van der Waals surface area contributed by atoms with Gasteiger partial charge in [-0.1, -0.05) is 100 Å². The molecule has 16 heteroatoms. The summed E-state index contributed by atoms with van der Waals surface area (Å²) in [5, 5.41) is 2.56. The summed E-state index contributed by atoms with van der Waals surface area (Å²) in [6.07, 6.45) is 0. The van der Waals surface area contributed by atoms with Crippen LogP contribution in [0.25, 0.3) is 0 Å². The van der Waals surface area contributed by atoms with Crippen LogP contribution in [-0.4, -0.2) is 66.1 Å². The van der Waals surface area contributed by atoms with Crippen molar-refractivity contribution in [2.45, 2.75) is 59.3 Å². The number of Topliss-reactive ketones (excluding diaryl/α,β-unsaturated/α-hetero) is 1. The molecule has 13 rings (SSSR count). The SMILES string of the molecule is CNC(=O)c1cc(Oc2ccc(C(C)(C)c3ccc(Oc4ccc5c(c4)C(=O)N(c4cccc(C)c4)C5=O)cc3)cc2)ccc1C(C)=O.Cc1cccc(N2C(=O)c3ccc(Oc4ccc(C(C)(C)c5ccc(Oc6ccc7c(c6)C(=O)N(C)C7=O)cc5)cc4)cc3C2=O)c1. The topological polar surface area (TPSA) is 195 Å². The highest BCUT2D eigenvalue weighted by Crippen LogP contribution is 2.40. The third-order valence-corrected chi connectivity index (χ3v) is 17.4. The van der Waals surface area contributed by atoms with Gasteiger partial charge in [0.15, 0.2) is 5.78 Å². The Hall–Kier alpha value is -12.0. The first-order chi connectivity index (χ1) is 45.5. The molecule has 0 bridgehead atoms. The van der Waals surface area contributed by atoms with E-state index in [0.717, 1.165) is 38.3 Å². The molecule has 1 N–H and O–H groups in total. The van der Waals surface area contributed by atoms with E-state index in [4.69, 9.17) is 18.9 Å². The number of fused-ring (bicyclic) bond motifs is 3. The van der Waals surface area contributed by atoms with E-state index in [1.807, 2.05) is 147 Å². The van der Waals surface area contributed by atoms with Crippen molar-refractivity contribution in [2.75, 3.05) is 23.9 Å². The van der Waals surface area contributed by atoms with Crippen LogP contribution >= 0.6 is 0 Å². The van der Waals surface area contributed by atoms with Gasteiger partial charge in [-0.25, -0.2) is 9.80 Å². The smallest absolute Gasteiger partial charge is 0.266 e. The highest BCUT2D eigenvalue weighted by atomic mass is 16.5. The van der Waals surface area contributed by atoms with Crippen LogP contribution < -0.4 is 34.1 Å². The van der Waals surface area contributed by atoms with Gasteiger partial charge in [-0.05, 0) is 200 Å². The second-order valence-corrected chi connectivity index (χ2v) is 24.5. The molecule has 7 amide bonds. The number of carbonyl (C=O) groups is 8. The molecule has 0 saturated carbocycles. The van der Waals surface area contributed by atoms with Crippen molar-refractivity contribution >= 4 is 58.5 Å². The fraction of sp³-hybridized carbons (Fsp3) is 0.139. The van der Waals surface area contributed by atoms with Crippen LogP contribution in [0, 0.1) is 13.8 Å². The number of anilines is 2. The van der Waals surface area contributed by atoms with Crippen LogP contribution in [0.1, 0.15) is 151 Å². The van der Waals surface area contributed by atoms with Gasteiger partial charge in [0.25, 0.3) is 41.4 Å². The molecule has 0 saturated heterocycles. The first-order valence-corrected chi connectivity index (χ1v) is 30.6. The summed E-state index contributed by atoms with van der Waals surface area (Å²) in [6, 6.07) is 65.2. The Bertz CT molecular complexity index is 4800. The van der Waals surface area contributed by atoms with Gasteiger partial charge in [-0.3, -0.25) is 43.3 Å². The van der Waals surface area contributed by atoms with Gasteiger partial charge >= 0.3 is 0 Å². The lowest BCUT2D eigenvalue weighted by Gasteiger charge is -2.26. The summed E-state index contributed by atoms with van der Waals surface area (Å²) in [4.78, 5) is 105. The van der Waals surface area contributed by atoms with Crippen LogP contribution in [0.4, 0.5) is 11.4 Å². The van der Waals surface area contributed by atoms with Crippen molar-refractivity contribution in [2.24, 2.45) is 0 Å². The van der Waals surface area contributed by atoms with Crippen LogP contribution in [0.15, 0.2) is 218 Å². The zero-order valence-electron chi connectivity index (χ0n) is 53.5. The number of aryl methyl sites for hydroxylation is 2. The van der Waals surface area contributed by atoms with E-state index in [0.29, 0.717) is 96.3 Å². The molecule has 0 aromatic heterocycles. The molecule has 95 heavy (non-hydrogen) atoms. The molecule has 3 heterocycles. The summed E-state index contributed by atoms with van der Waals surface area (Å²) in [7, 11) is 2.98. The molecule has 10 aromatic carbocycles. The van der Waals surface area contributed by atoms with Gasteiger partial charge in [-0.15, -0.1) is 0 Å². The number of nitrogens with one attached hydrogen (secondary N) is 1. The van der Waals surface area contributed by atoms with Crippen LogP contribution in [0.3, 0.4) is 0 Å². The summed E-state index contributed by atoms with van der Waals surface area (Å²) in [5.74, 6) is 1.58. The third-order valence-electron chi connectivity index (χ3n) is 17.4. The number of hydrogen-bond acceptors (Lipinski definition) is 12. The van der Waals surface area contributed by atoms with Gasteiger partial charge in [-0.2, -0.15) is 0 Å². The normalized spacial score (nSPS) is 13.3. The lowest BCUT2D eigenvalue weighted by atomic mass is 9.78. The average Bonchev–Trinajstić information content (AvgIpc) is 1.64. The van der Waals surface area contributed by atoms with E-state index < -0.39 is 0 Å². The highest BCUT2D eigenvalue weighted by Gasteiger charge is 2.39. The Morgan fingerprint density at radius 3 is 0.979 bits per heavy atom. The van der Waals surface area contributed by atoms with Crippen molar-refractivity contribution in [3.8, 4) is 46.0 Å². The predicted octanol–water partition coefficient (Wildman–Crippen LogP) is 16.2. The minimum Gasteiger partial charge on any atom is -0.457 e. The van der Waals surface area contributed by atoms with Gasteiger partial charge in [0.05, 0.1) is 50.3 Å². The fourth-order valence-corrected chi connectivity index (χ4v) is 11.8. The van der Waals surface area contributed by atoms with E-state index in [2.05, 4.69) is 33.0 Å². The zero-order chi connectivity index (χ0) is 67.2. The van der Waals surface area contributed by atoms with E-state index in [1.165, 1.54) is 30.8 Å². The number of rotatable bonds is 16. The molecule has 0 unspecified atom stereocenters. The molecule has 472 valence electrons. The Morgan fingerprint density at radius 1 is 0.347 bits per heavy atom. The fourth-order valence-electron chi connectivity index (χ4n) is 11.8. The van der Waals surface area contributed by atoms with Gasteiger partial charge in [0, 0.05) is 30.5 Å². The number of ketones is 1. The molecule has 0 fully saturated rings. The number of amides is 7. The largest absolute Gasteiger partial charge is 0.457 e. The Kier molecular flexibility index (Phi) is 16.8. The number of ether oxygens (including phenoxy) is 4. The maximum atomic E-state index is 13.2. The molecular formula is C79H64N4O12. The molecule has 0 spiro atoms. The monoisotopic (exact) mass is 1260 g/mol.